The van der Waals surface area contributed by atoms with E-state index in [9.17, 15) is 4.79 Å². The summed E-state index contributed by atoms with van der Waals surface area (Å²) in [6, 6.07) is 3.67. The van der Waals surface area contributed by atoms with Crippen LogP contribution < -0.4 is 0 Å². The molecule has 17 heavy (non-hydrogen) atoms. The molecule has 0 saturated heterocycles. The number of carboxylic acid groups (broad SMARTS) is 1. The van der Waals surface area contributed by atoms with Crippen molar-refractivity contribution < 1.29 is 9.90 Å². The highest BCUT2D eigenvalue weighted by molar-refractivity contribution is 5.94. The number of carboxylic acids is 1. The van der Waals surface area contributed by atoms with Crippen molar-refractivity contribution in [3.63, 3.8) is 0 Å². The van der Waals surface area contributed by atoms with Gasteiger partial charge >= 0.3 is 5.97 Å². The van der Waals surface area contributed by atoms with Crippen LogP contribution in [0.1, 0.15) is 10.5 Å². The molecule has 0 aliphatic heterocycles. The normalized spacial score (nSPS) is 10.8. The average molecular weight is 228 g/mol. The van der Waals surface area contributed by atoms with Crippen LogP contribution in [0.2, 0.25) is 0 Å². The zero-order valence-electron chi connectivity index (χ0n) is 8.66. The molecular weight excluding hydrogens is 220 g/mol. The summed E-state index contributed by atoms with van der Waals surface area (Å²) in [6.07, 6.45) is 6.53. The summed E-state index contributed by atoms with van der Waals surface area (Å²) in [5.41, 5.74) is 1.24. The number of nitrogens with one attached hydrogen (secondary N) is 1. The minimum absolute atomic E-state index is 0.00250. The Kier molecular flexibility index (Phi) is 1.94. The second-order valence-electron chi connectivity index (χ2n) is 3.50. The number of rotatable bonds is 2. The van der Waals surface area contributed by atoms with Gasteiger partial charge in [-0.05, 0) is 12.1 Å². The topological polar surface area (TPSA) is 83.3 Å². The van der Waals surface area contributed by atoms with Gasteiger partial charge in [0.1, 0.15) is 0 Å². The van der Waals surface area contributed by atoms with E-state index in [4.69, 9.17) is 5.11 Å². The predicted octanol–water partition coefficient (Wildman–Crippen LogP) is 1.42. The lowest BCUT2D eigenvalue weighted by molar-refractivity contribution is 0.0693. The third kappa shape index (κ3) is 1.38. The molecule has 0 amide bonds. The van der Waals surface area contributed by atoms with Crippen molar-refractivity contribution >= 4 is 11.5 Å². The largest absolute Gasteiger partial charge is 0.476 e. The summed E-state index contributed by atoms with van der Waals surface area (Å²) < 4.78 is 1.70. The van der Waals surface area contributed by atoms with Gasteiger partial charge in [-0.1, -0.05) is 0 Å². The fraction of sp³-hybridized carbons (Fsp3) is 0. The van der Waals surface area contributed by atoms with Crippen LogP contribution in [0.15, 0.2) is 36.9 Å². The first-order valence-electron chi connectivity index (χ1n) is 4.96. The van der Waals surface area contributed by atoms with Crippen molar-refractivity contribution in [2.45, 2.75) is 0 Å². The lowest BCUT2D eigenvalue weighted by Gasteiger charge is -1.96. The summed E-state index contributed by atoms with van der Waals surface area (Å²) in [5, 5.41) is 9.08. The molecule has 3 aromatic heterocycles. The van der Waals surface area contributed by atoms with Gasteiger partial charge in [-0.3, -0.25) is 9.38 Å². The molecule has 0 bridgehead atoms. The van der Waals surface area contributed by atoms with Crippen LogP contribution in [0.5, 0.6) is 0 Å². The number of aromatic amines is 1. The quantitative estimate of drug-likeness (QED) is 0.694. The molecule has 0 fully saturated rings. The maximum Gasteiger partial charge on any atom is 0.356 e. The fourth-order valence-corrected chi connectivity index (χ4v) is 1.76. The molecule has 0 unspecified atom stereocenters. The van der Waals surface area contributed by atoms with Crippen molar-refractivity contribution in [3.8, 4) is 11.5 Å². The third-order valence-corrected chi connectivity index (χ3v) is 2.49. The first kappa shape index (κ1) is 9.59. The summed E-state index contributed by atoms with van der Waals surface area (Å²) in [5.74, 6) is -0.502. The summed E-state index contributed by atoms with van der Waals surface area (Å²) in [7, 11) is 0. The maximum absolute atomic E-state index is 11.1. The van der Waals surface area contributed by atoms with Crippen LogP contribution in [0.25, 0.3) is 17.0 Å². The second-order valence-corrected chi connectivity index (χ2v) is 3.50. The number of aromatic carboxylic acids is 1. The Labute approximate surface area is 95.6 Å². The van der Waals surface area contributed by atoms with E-state index in [2.05, 4.69) is 15.0 Å². The van der Waals surface area contributed by atoms with Gasteiger partial charge in [0.15, 0.2) is 11.5 Å². The molecule has 0 spiro atoms. The van der Waals surface area contributed by atoms with Gasteiger partial charge in [0, 0.05) is 18.6 Å². The smallest absolute Gasteiger partial charge is 0.356 e. The first-order valence-corrected chi connectivity index (χ1v) is 4.96. The van der Waals surface area contributed by atoms with Crippen molar-refractivity contribution in [2.24, 2.45) is 0 Å². The van der Waals surface area contributed by atoms with Crippen LogP contribution in [0, 0.1) is 0 Å². The van der Waals surface area contributed by atoms with Crippen LogP contribution >= 0.6 is 0 Å². The van der Waals surface area contributed by atoms with E-state index in [0.717, 1.165) is 5.69 Å². The van der Waals surface area contributed by atoms with E-state index in [-0.39, 0.29) is 5.69 Å². The summed E-state index contributed by atoms with van der Waals surface area (Å²) >= 11 is 0. The molecular formula is C11H8N4O2. The second kappa shape index (κ2) is 3.44. The molecule has 0 atom stereocenters. The Hall–Kier alpha value is -2.63. The van der Waals surface area contributed by atoms with E-state index in [1.807, 2.05) is 12.1 Å². The van der Waals surface area contributed by atoms with Gasteiger partial charge in [-0.15, -0.1) is 0 Å². The van der Waals surface area contributed by atoms with E-state index in [0.29, 0.717) is 11.3 Å². The van der Waals surface area contributed by atoms with Crippen molar-refractivity contribution in [1.82, 2.24) is 19.4 Å². The number of nitrogens with zero attached hydrogens (tertiary/aromatic N) is 3. The highest BCUT2D eigenvalue weighted by atomic mass is 16.4. The zero-order chi connectivity index (χ0) is 11.8. The van der Waals surface area contributed by atoms with Crippen LogP contribution in [-0.2, 0) is 0 Å². The molecule has 3 aromatic rings. The van der Waals surface area contributed by atoms with E-state index < -0.39 is 5.97 Å². The Balaban J connectivity index is 2.37. The maximum atomic E-state index is 11.1. The SMILES string of the molecule is O=C(O)c1nc(-c2ccc[nH]2)n2ccncc12. The molecule has 0 aromatic carbocycles. The number of H-pyrrole nitrogens is 1. The van der Waals surface area contributed by atoms with Gasteiger partial charge < -0.3 is 10.1 Å². The number of aromatic nitrogens is 4. The molecule has 0 aliphatic rings. The summed E-state index contributed by atoms with van der Waals surface area (Å²) in [6.45, 7) is 0. The minimum Gasteiger partial charge on any atom is -0.476 e. The molecule has 0 aliphatic carbocycles. The van der Waals surface area contributed by atoms with Gasteiger partial charge in [-0.25, -0.2) is 9.78 Å². The zero-order valence-corrected chi connectivity index (χ0v) is 8.66. The number of imidazole rings is 1. The molecule has 6 nitrogen and oxygen atoms in total. The monoisotopic (exact) mass is 228 g/mol. The first-order chi connectivity index (χ1) is 8.27. The number of hydrogen-bond acceptors (Lipinski definition) is 3. The fourth-order valence-electron chi connectivity index (χ4n) is 1.76. The molecule has 6 heteroatoms. The molecule has 84 valence electrons. The Morgan fingerprint density at radius 3 is 3.06 bits per heavy atom. The highest BCUT2D eigenvalue weighted by Gasteiger charge is 2.17. The molecule has 0 radical (unpaired) electrons. The Bertz CT molecular complexity index is 685. The Morgan fingerprint density at radius 1 is 1.47 bits per heavy atom. The number of carbonyl (C=O) groups is 1. The minimum atomic E-state index is -1.06. The standard InChI is InChI=1S/C11H8N4O2/c16-11(17)9-8-6-12-4-5-15(8)10(14-9)7-2-1-3-13-7/h1-6,13H,(H,16,17). The summed E-state index contributed by atoms with van der Waals surface area (Å²) in [4.78, 5) is 22.1. The van der Waals surface area contributed by atoms with Gasteiger partial charge in [0.2, 0.25) is 0 Å². The molecule has 2 N–H and O–H groups in total. The van der Waals surface area contributed by atoms with E-state index in [1.54, 1.807) is 23.0 Å². The number of fused-ring (bicyclic) bond motifs is 1. The highest BCUT2D eigenvalue weighted by Crippen LogP contribution is 2.20. The van der Waals surface area contributed by atoms with Crippen LogP contribution in [0.4, 0.5) is 0 Å². The van der Waals surface area contributed by atoms with E-state index in [1.165, 1.54) is 6.20 Å². The van der Waals surface area contributed by atoms with Gasteiger partial charge in [-0.2, -0.15) is 0 Å². The van der Waals surface area contributed by atoms with Crippen LogP contribution in [0.3, 0.4) is 0 Å². The van der Waals surface area contributed by atoms with Crippen molar-refractivity contribution in [3.05, 3.63) is 42.6 Å². The number of hydrogen-bond donors (Lipinski definition) is 2. The van der Waals surface area contributed by atoms with Crippen molar-refractivity contribution in [1.29, 1.82) is 0 Å². The Morgan fingerprint density at radius 2 is 2.35 bits per heavy atom. The molecule has 0 saturated carbocycles. The van der Waals surface area contributed by atoms with Crippen molar-refractivity contribution in [2.75, 3.05) is 0 Å². The lowest BCUT2D eigenvalue weighted by atomic mass is 10.4. The average Bonchev–Trinajstić information content (AvgIpc) is 2.95. The van der Waals surface area contributed by atoms with E-state index >= 15 is 0 Å². The predicted molar refractivity (Wildman–Crippen MR) is 59.7 cm³/mol. The molecule has 3 rings (SSSR count). The van der Waals surface area contributed by atoms with Gasteiger partial charge in [0.05, 0.1) is 17.4 Å². The molecule has 3 heterocycles. The van der Waals surface area contributed by atoms with Crippen LogP contribution in [-0.4, -0.2) is 30.4 Å². The lowest BCUT2D eigenvalue weighted by Crippen LogP contribution is -1.97. The third-order valence-electron chi connectivity index (χ3n) is 2.49. The van der Waals surface area contributed by atoms with Gasteiger partial charge in [0.25, 0.3) is 0 Å².